The molecule has 0 saturated carbocycles. The van der Waals surface area contributed by atoms with E-state index in [-0.39, 0.29) is 24.7 Å². The molecule has 2 heterocycles. The summed E-state index contributed by atoms with van der Waals surface area (Å²) in [5.41, 5.74) is 0.422. The number of furan rings is 1. The lowest BCUT2D eigenvalue weighted by atomic mass is 10.1. The second-order valence-corrected chi connectivity index (χ2v) is 7.23. The van der Waals surface area contributed by atoms with E-state index in [4.69, 9.17) is 13.9 Å². The molecule has 0 radical (unpaired) electrons. The van der Waals surface area contributed by atoms with E-state index in [1.54, 1.807) is 24.3 Å². The Morgan fingerprint density at radius 3 is 2.73 bits per heavy atom. The van der Waals surface area contributed by atoms with Gasteiger partial charge in [-0.2, -0.15) is 11.8 Å². The van der Waals surface area contributed by atoms with Crippen LogP contribution in [0, 0.1) is 0 Å². The average Bonchev–Trinajstić information content (AvgIpc) is 3.41. The Labute approximate surface area is 176 Å². The van der Waals surface area contributed by atoms with Gasteiger partial charge in [0.2, 0.25) is 6.79 Å². The Morgan fingerprint density at radius 1 is 1.23 bits per heavy atom. The van der Waals surface area contributed by atoms with Gasteiger partial charge in [-0.3, -0.25) is 9.59 Å². The number of carbonyl (C=O) groups is 3. The number of aliphatic carboxylic acids is 1. The Hall–Kier alpha value is -3.40. The van der Waals surface area contributed by atoms with E-state index in [2.05, 4.69) is 10.6 Å². The highest BCUT2D eigenvalue weighted by Crippen LogP contribution is 2.33. The summed E-state index contributed by atoms with van der Waals surface area (Å²) < 4.78 is 15.6. The van der Waals surface area contributed by atoms with Crippen molar-refractivity contribution in [1.29, 1.82) is 0 Å². The van der Waals surface area contributed by atoms with Gasteiger partial charge in [-0.05, 0) is 54.3 Å². The molecule has 0 fully saturated rings. The third kappa shape index (κ3) is 5.35. The minimum atomic E-state index is -1.16. The largest absolute Gasteiger partial charge is 0.480 e. The van der Waals surface area contributed by atoms with Gasteiger partial charge in [-0.25, -0.2) is 4.79 Å². The number of amides is 2. The average molecular weight is 432 g/mol. The van der Waals surface area contributed by atoms with Gasteiger partial charge in [0.1, 0.15) is 11.7 Å². The van der Waals surface area contributed by atoms with Crippen molar-refractivity contribution in [3.63, 3.8) is 0 Å². The summed E-state index contributed by atoms with van der Waals surface area (Å²) in [6, 6.07) is 6.91. The molecular formula is C20H20N2O7S. The number of carboxylic acid groups (broad SMARTS) is 1. The van der Waals surface area contributed by atoms with Gasteiger partial charge in [0.15, 0.2) is 17.3 Å². The van der Waals surface area contributed by atoms with Crippen LogP contribution in [-0.2, 0) is 9.59 Å². The van der Waals surface area contributed by atoms with E-state index in [0.717, 1.165) is 0 Å². The smallest absolute Gasteiger partial charge is 0.326 e. The molecule has 158 valence electrons. The zero-order valence-corrected chi connectivity index (χ0v) is 16.9. The number of hydrogen-bond acceptors (Lipinski definition) is 7. The number of nitrogens with one attached hydrogen (secondary N) is 2. The molecule has 1 aliphatic heterocycles. The van der Waals surface area contributed by atoms with Crippen LogP contribution in [0.4, 0.5) is 0 Å². The maximum absolute atomic E-state index is 12.8. The SMILES string of the molecule is CSCCC(NC(=O)/C(=C\c1ccc2c(c1)OCO2)NC(=O)c1ccco1)C(=O)O. The maximum atomic E-state index is 12.8. The number of carboxylic acids is 1. The third-order valence-corrected chi connectivity index (χ3v) is 4.80. The van der Waals surface area contributed by atoms with E-state index < -0.39 is 23.8 Å². The molecular weight excluding hydrogens is 412 g/mol. The van der Waals surface area contributed by atoms with Crippen LogP contribution in [0.1, 0.15) is 22.5 Å². The zero-order chi connectivity index (χ0) is 21.5. The monoisotopic (exact) mass is 432 g/mol. The molecule has 3 rings (SSSR count). The molecule has 2 amide bonds. The first-order chi connectivity index (χ1) is 14.5. The second kappa shape index (κ2) is 9.88. The van der Waals surface area contributed by atoms with Gasteiger partial charge in [0.05, 0.1) is 6.26 Å². The van der Waals surface area contributed by atoms with Crippen molar-refractivity contribution in [2.24, 2.45) is 0 Å². The number of benzene rings is 1. The molecule has 1 aromatic heterocycles. The highest BCUT2D eigenvalue weighted by Gasteiger charge is 2.23. The zero-order valence-electron chi connectivity index (χ0n) is 16.0. The van der Waals surface area contributed by atoms with Crippen LogP contribution < -0.4 is 20.1 Å². The van der Waals surface area contributed by atoms with Crippen LogP contribution in [0.2, 0.25) is 0 Å². The van der Waals surface area contributed by atoms with Crippen molar-refractivity contribution < 1.29 is 33.4 Å². The number of hydrogen-bond donors (Lipinski definition) is 3. The minimum Gasteiger partial charge on any atom is -0.480 e. The van der Waals surface area contributed by atoms with Crippen molar-refractivity contribution in [1.82, 2.24) is 10.6 Å². The standard InChI is InChI=1S/C20H20N2O7S/c1-30-8-6-13(20(25)26)21-18(23)14(22-19(24)16-3-2-7-27-16)9-12-4-5-15-17(10-12)29-11-28-15/h2-5,7,9-10,13H,6,8,11H2,1H3,(H,21,23)(H,22,24)(H,25,26)/b14-9+. The normalized spacial score (nSPS) is 13.6. The van der Waals surface area contributed by atoms with Gasteiger partial charge < -0.3 is 29.6 Å². The Morgan fingerprint density at radius 2 is 2.03 bits per heavy atom. The fourth-order valence-electron chi connectivity index (χ4n) is 2.65. The van der Waals surface area contributed by atoms with Gasteiger partial charge in [-0.1, -0.05) is 6.07 Å². The fourth-order valence-corrected chi connectivity index (χ4v) is 3.12. The van der Waals surface area contributed by atoms with Gasteiger partial charge in [0.25, 0.3) is 11.8 Å². The van der Waals surface area contributed by atoms with Crippen LogP contribution in [0.15, 0.2) is 46.7 Å². The number of fused-ring (bicyclic) bond motifs is 1. The predicted octanol–water partition coefficient (Wildman–Crippen LogP) is 2.10. The van der Waals surface area contributed by atoms with E-state index in [0.29, 0.717) is 22.8 Å². The highest BCUT2D eigenvalue weighted by molar-refractivity contribution is 7.98. The van der Waals surface area contributed by atoms with Crippen LogP contribution in [-0.4, -0.2) is 47.7 Å². The molecule has 1 aromatic carbocycles. The number of thioether (sulfide) groups is 1. The predicted molar refractivity (Wildman–Crippen MR) is 109 cm³/mol. The Balaban J connectivity index is 1.85. The molecule has 1 atom stereocenters. The summed E-state index contributed by atoms with van der Waals surface area (Å²) in [7, 11) is 0. The summed E-state index contributed by atoms with van der Waals surface area (Å²) in [5.74, 6) is -0.894. The van der Waals surface area contributed by atoms with Crippen LogP contribution in [0.25, 0.3) is 6.08 Å². The van der Waals surface area contributed by atoms with Crippen molar-refractivity contribution in [2.45, 2.75) is 12.5 Å². The summed E-state index contributed by atoms with van der Waals surface area (Å²) in [5, 5.41) is 14.3. The minimum absolute atomic E-state index is 0.0107. The Bertz CT molecular complexity index is 956. The third-order valence-electron chi connectivity index (χ3n) is 4.16. The molecule has 2 aromatic rings. The van der Waals surface area contributed by atoms with Crippen LogP contribution in [0.5, 0.6) is 11.5 Å². The molecule has 9 nitrogen and oxygen atoms in total. The van der Waals surface area contributed by atoms with Gasteiger partial charge in [-0.15, -0.1) is 0 Å². The lowest BCUT2D eigenvalue weighted by Gasteiger charge is -2.16. The molecule has 10 heteroatoms. The maximum Gasteiger partial charge on any atom is 0.326 e. The summed E-state index contributed by atoms with van der Waals surface area (Å²) in [6.45, 7) is 0.0980. The quantitative estimate of drug-likeness (QED) is 0.514. The van der Waals surface area contributed by atoms with E-state index in [1.807, 2.05) is 6.26 Å². The van der Waals surface area contributed by atoms with Crippen molar-refractivity contribution in [3.8, 4) is 11.5 Å². The van der Waals surface area contributed by atoms with Crippen LogP contribution in [0.3, 0.4) is 0 Å². The van der Waals surface area contributed by atoms with E-state index in [1.165, 1.54) is 30.2 Å². The topological polar surface area (TPSA) is 127 Å². The molecule has 0 saturated heterocycles. The van der Waals surface area contributed by atoms with E-state index >= 15 is 0 Å². The number of rotatable bonds is 9. The molecule has 0 aliphatic carbocycles. The lowest BCUT2D eigenvalue weighted by molar-refractivity contribution is -0.141. The van der Waals surface area contributed by atoms with Crippen molar-refractivity contribution in [2.75, 3.05) is 18.8 Å². The Kier molecular flexibility index (Phi) is 7.02. The summed E-state index contributed by atoms with van der Waals surface area (Å²) in [6.07, 6.45) is 4.84. The van der Waals surface area contributed by atoms with E-state index in [9.17, 15) is 19.5 Å². The van der Waals surface area contributed by atoms with Crippen molar-refractivity contribution in [3.05, 3.63) is 53.6 Å². The first-order valence-corrected chi connectivity index (χ1v) is 10.4. The molecule has 0 spiro atoms. The first kappa shape index (κ1) is 21.3. The highest BCUT2D eigenvalue weighted by atomic mass is 32.2. The summed E-state index contributed by atoms with van der Waals surface area (Å²) >= 11 is 1.47. The molecule has 1 aliphatic rings. The summed E-state index contributed by atoms with van der Waals surface area (Å²) in [4.78, 5) is 36.7. The van der Waals surface area contributed by atoms with Gasteiger partial charge >= 0.3 is 5.97 Å². The lowest BCUT2D eigenvalue weighted by Crippen LogP contribution is -2.44. The molecule has 3 N–H and O–H groups in total. The first-order valence-electron chi connectivity index (χ1n) is 8.96. The van der Waals surface area contributed by atoms with Crippen molar-refractivity contribution >= 4 is 35.6 Å². The molecule has 30 heavy (non-hydrogen) atoms. The molecule has 0 bridgehead atoms. The van der Waals surface area contributed by atoms with Gasteiger partial charge in [0, 0.05) is 0 Å². The molecule has 1 unspecified atom stereocenters. The number of ether oxygens (including phenoxy) is 2. The van der Waals surface area contributed by atoms with Crippen LogP contribution >= 0.6 is 11.8 Å². The fraction of sp³-hybridized carbons (Fsp3) is 0.250. The number of carbonyl (C=O) groups excluding carboxylic acids is 2. The second-order valence-electron chi connectivity index (χ2n) is 6.25.